The summed E-state index contributed by atoms with van der Waals surface area (Å²) in [7, 11) is 0. The van der Waals surface area contributed by atoms with Crippen molar-refractivity contribution < 1.29 is 13.2 Å². The fourth-order valence-electron chi connectivity index (χ4n) is 1.22. The van der Waals surface area contributed by atoms with Crippen LogP contribution in [0.2, 0.25) is 0 Å². The van der Waals surface area contributed by atoms with Gasteiger partial charge >= 0.3 is 6.18 Å². The molecule has 0 radical (unpaired) electrons. The summed E-state index contributed by atoms with van der Waals surface area (Å²) < 4.78 is 38.4. The van der Waals surface area contributed by atoms with Gasteiger partial charge in [-0.1, -0.05) is 0 Å². The van der Waals surface area contributed by atoms with Crippen LogP contribution in [-0.4, -0.2) is 15.8 Å². The van der Waals surface area contributed by atoms with Gasteiger partial charge in [0, 0.05) is 17.1 Å². The number of hydrogen-bond acceptors (Lipinski definition) is 5. The highest BCUT2D eigenvalue weighted by Gasteiger charge is 2.33. The van der Waals surface area contributed by atoms with E-state index in [4.69, 9.17) is 11.1 Å². The number of rotatable bonds is 3. The monoisotopic (exact) mass is 304 g/mol. The number of nitrogens with two attached hydrogens (primary N) is 1. The predicted octanol–water partition coefficient (Wildman–Crippen LogP) is 2.99. The summed E-state index contributed by atoms with van der Waals surface area (Å²) in [4.78, 5) is 7.48. The first kappa shape index (κ1) is 13.8. The molecule has 2 aromatic rings. The van der Waals surface area contributed by atoms with Gasteiger partial charge in [0.05, 0.1) is 0 Å². The van der Waals surface area contributed by atoms with Gasteiger partial charge in [-0.2, -0.15) is 13.2 Å². The van der Waals surface area contributed by atoms with E-state index < -0.39 is 11.9 Å². The molecule has 0 aliphatic carbocycles. The number of nitrogen functional groups attached to an aromatic ring is 1. The standard InChI is InChI=1S/C10H7F3N4S2/c11-10(12,13)6-2-1-5(7(14)15)8(17-6)19-9-16-3-4-18-9/h1-4H,(H3,14,15). The van der Waals surface area contributed by atoms with Crippen LogP contribution in [0, 0.1) is 5.41 Å². The Labute approximate surface area is 114 Å². The van der Waals surface area contributed by atoms with Gasteiger partial charge in [-0.3, -0.25) is 5.41 Å². The van der Waals surface area contributed by atoms with Gasteiger partial charge in [0.15, 0.2) is 4.34 Å². The molecule has 9 heteroatoms. The van der Waals surface area contributed by atoms with E-state index in [2.05, 4.69) is 9.97 Å². The third-order valence-corrected chi connectivity index (χ3v) is 3.92. The molecule has 2 heterocycles. The molecule has 0 amide bonds. The molecule has 0 aliphatic rings. The number of alkyl halides is 3. The molecule has 4 nitrogen and oxygen atoms in total. The van der Waals surface area contributed by atoms with E-state index in [0.717, 1.165) is 23.9 Å². The Morgan fingerprint density at radius 2 is 2.11 bits per heavy atom. The Kier molecular flexibility index (Phi) is 3.76. The third kappa shape index (κ3) is 3.24. The van der Waals surface area contributed by atoms with Crippen molar-refractivity contribution in [3.63, 3.8) is 0 Å². The maximum absolute atomic E-state index is 12.6. The van der Waals surface area contributed by atoms with Crippen LogP contribution < -0.4 is 5.73 Å². The van der Waals surface area contributed by atoms with Crippen LogP contribution in [0.4, 0.5) is 13.2 Å². The lowest BCUT2D eigenvalue weighted by Crippen LogP contribution is -2.16. The summed E-state index contributed by atoms with van der Waals surface area (Å²) >= 11 is 2.23. The maximum Gasteiger partial charge on any atom is 0.433 e. The average molecular weight is 304 g/mol. The molecule has 0 atom stereocenters. The van der Waals surface area contributed by atoms with Gasteiger partial charge in [0.1, 0.15) is 16.6 Å². The molecule has 0 spiro atoms. The minimum Gasteiger partial charge on any atom is -0.384 e. The number of thiazole rings is 1. The van der Waals surface area contributed by atoms with Crippen LogP contribution in [0.25, 0.3) is 0 Å². The van der Waals surface area contributed by atoms with Crippen molar-refractivity contribution in [1.29, 1.82) is 5.41 Å². The van der Waals surface area contributed by atoms with Crippen LogP contribution in [0.1, 0.15) is 11.3 Å². The average Bonchev–Trinajstić information content (AvgIpc) is 2.80. The molecule has 0 aromatic carbocycles. The highest BCUT2D eigenvalue weighted by atomic mass is 32.2. The number of nitrogens with zero attached hydrogens (tertiary/aromatic N) is 2. The summed E-state index contributed by atoms with van der Waals surface area (Å²) in [5, 5.41) is 9.08. The van der Waals surface area contributed by atoms with Gasteiger partial charge in [0.25, 0.3) is 0 Å². The van der Waals surface area contributed by atoms with E-state index in [9.17, 15) is 13.2 Å². The first-order valence-electron chi connectivity index (χ1n) is 4.88. The van der Waals surface area contributed by atoms with Crippen LogP contribution in [0.15, 0.2) is 33.1 Å². The second-order valence-corrected chi connectivity index (χ2v) is 5.49. The molecule has 3 N–H and O–H groups in total. The molecule has 0 unspecified atom stereocenters. The molecule has 0 saturated heterocycles. The molecule has 2 aromatic heterocycles. The largest absolute Gasteiger partial charge is 0.433 e. The number of amidine groups is 1. The zero-order valence-corrected chi connectivity index (χ0v) is 10.9. The molecular weight excluding hydrogens is 297 g/mol. The summed E-state index contributed by atoms with van der Waals surface area (Å²) in [5.74, 6) is -0.333. The van der Waals surface area contributed by atoms with Crippen molar-refractivity contribution in [3.05, 3.63) is 35.0 Å². The lowest BCUT2D eigenvalue weighted by molar-refractivity contribution is -0.141. The lowest BCUT2D eigenvalue weighted by Gasteiger charge is -2.10. The smallest absolute Gasteiger partial charge is 0.384 e. The quantitative estimate of drug-likeness (QED) is 0.675. The number of hydrogen-bond donors (Lipinski definition) is 2. The van der Waals surface area contributed by atoms with Crippen LogP contribution >= 0.6 is 23.1 Å². The molecule has 0 bridgehead atoms. The Balaban J connectivity index is 2.45. The van der Waals surface area contributed by atoms with Gasteiger partial charge in [-0.05, 0) is 23.9 Å². The van der Waals surface area contributed by atoms with Crippen molar-refractivity contribution in [2.45, 2.75) is 15.5 Å². The van der Waals surface area contributed by atoms with E-state index in [1.165, 1.54) is 17.5 Å². The number of nitrogens with one attached hydrogen (secondary N) is 1. The van der Waals surface area contributed by atoms with Gasteiger partial charge < -0.3 is 5.73 Å². The first-order valence-corrected chi connectivity index (χ1v) is 6.57. The molecule has 0 fully saturated rings. The van der Waals surface area contributed by atoms with E-state index in [1.54, 1.807) is 5.38 Å². The number of halogens is 3. The summed E-state index contributed by atoms with van der Waals surface area (Å²) in [6, 6.07) is 1.96. The van der Waals surface area contributed by atoms with Crippen molar-refractivity contribution in [2.24, 2.45) is 5.73 Å². The van der Waals surface area contributed by atoms with Gasteiger partial charge in [-0.15, -0.1) is 11.3 Å². The maximum atomic E-state index is 12.6. The Morgan fingerprint density at radius 1 is 1.37 bits per heavy atom. The molecule has 2 rings (SSSR count). The summed E-state index contributed by atoms with van der Waals surface area (Å²) in [6.07, 6.45) is -3.00. The van der Waals surface area contributed by atoms with Gasteiger partial charge in [-0.25, -0.2) is 9.97 Å². The lowest BCUT2D eigenvalue weighted by atomic mass is 10.2. The minimum absolute atomic E-state index is 0.0253. The molecule has 0 saturated carbocycles. The van der Waals surface area contributed by atoms with Crippen molar-refractivity contribution >= 4 is 28.9 Å². The van der Waals surface area contributed by atoms with Crippen LogP contribution in [0.5, 0.6) is 0 Å². The molecule has 19 heavy (non-hydrogen) atoms. The molecule has 0 aliphatic heterocycles. The first-order chi connectivity index (χ1) is 8.88. The SMILES string of the molecule is N=C(N)c1ccc(C(F)(F)F)nc1Sc1nccs1. The summed E-state index contributed by atoms with van der Waals surface area (Å²) in [5.41, 5.74) is 4.48. The third-order valence-electron chi connectivity index (χ3n) is 2.03. The fraction of sp³-hybridized carbons (Fsp3) is 0.100. The number of aromatic nitrogens is 2. The molecule has 100 valence electrons. The second kappa shape index (κ2) is 5.17. The number of pyridine rings is 1. The fourth-order valence-corrected chi connectivity index (χ4v) is 2.89. The van der Waals surface area contributed by atoms with Crippen molar-refractivity contribution in [2.75, 3.05) is 0 Å². The zero-order chi connectivity index (χ0) is 14.0. The van der Waals surface area contributed by atoms with E-state index >= 15 is 0 Å². The van der Waals surface area contributed by atoms with Crippen molar-refractivity contribution in [1.82, 2.24) is 9.97 Å². The zero-order valence-electron chi connectivity index (χ0n) is 9.23. The normalized spacial score (nSPS) is 11.5. The highest BCUT2D eigenvalue weighted by molar-refractivity contribution is 8.01. The van der Waals surface area contributed by atoms with E-state index in [1.807, 2.05) is 0 Å². The Bertz CT molecular complexity index is 595. The van der Waals surface area contributed by atoms with E-state index in [0.29, 0.717) is 4.34 Å². The predicted molar refractivity (Wildman–Crippen MR) is 66.5 cm³/mol. The minimum atomic E-state index is -4.53. The van der Waals surface area contributed by atoms with E-state index in [-0.39, 0.29) is 16.4 Å². The Hall–Kier alpha value is -1.61. The second-order valence-electron chi connectivity index (χ2n) is 3.36. The van der Waals surface area contributed by atoms with Crippen LogP contribution in [-0.2, 0) is 6.18 Å². The highest BCUT2D eigenvalue weighted by Crippen LogP contribution is 2.34. The Morgan fingerprint density at radius 3 is 2.63 bits per heavy atom. The summed E-state index contributed by atoms with van der Waals surface area (Å²) in [6.45, 7) is 0. The molecular formula is C10H7F3N4S2. The van der Waals surface area contributed by atoms with Gasteiger partial charge in [0.2, 0.25) is 0 Å². The van der Waals surface area contributed by atoms with Crippen molar-refractivity contribution in [3.8, 4) is 0 Å². The van der Waals surface area contributed by atoms with Crippen LogP contribution in [0.3, 0.4) is 0 Å². The topological polar surface area (TPSA) is 75.7 Å².